The molecule has 1 rings (SSSR count). The van der Waals surface area contributed by atoms with Gasteiger partial charge in [0.05, 0.1) is 5.88 Å². The van der Waals surface area contributed by atoms with Gasteiger partial charge in [-0.25, -0.2) is 15.0 Å². The van der Waals surface area contributed by atoms with E-state index in [-0.39, 0.29) is 11.7 Å². The third-order valence-electron chi connectivity index (χ3n) is 1.17. The van der Waals surface area contributed by atoms with Crippen molar-refractivity contribution in [2.24, 2.45) is 0 Å². The van der Waals surface area contributed by atoms with E-state index in [0.29, 0.717) is 11.6 Å². The van der Waals surface area contributed by atoms with Crippen LogP contribution in [0.4, 0.5) is 0 Å². The summed E-state index contributed by atoms with van der Waals surface area (Å²) in [6.07, 6.45) is 0. The zero-order chi connectivity index (χ0) is 10.1. The molecule has 0 spiro atoms. The molecule has 13 heavy (non-hydrogen) atoms. The van der Waals surface area contributed by atoms with Crippen LogP contribution in [0, 0.1) is 6.92 Å². The van der Waals surface area contributed by atoms with Gasteiger partial charge in [-0.05, 0) is 6.92 Å². The van der Waals surface area contributed by atoms with Crippen molar-refractivity contribution in [2.75, 3.05) is 0 Å². The Labute approximate surface area is 95.4 Å². The molecule has 0 unspecified atom stereocenters. The van der Waals surface area contributed by atoms with E-state index in [1.807, 2.05) is 0 Å². The van der Waals surface area contributed by atoms with Crippen LogP contribution in [0.25, 0.3) is 0 Å². The van der Waals surface area contributed by atoms with Gasteiger partial charge in [0.25, 0.3) is 0 Å². The van der Waals surface area contributed by atoms with Crippen molar-refractivity contribution < 1.29 is 0 Å². The lowest BCUT2D eigenvalue weighted by molar-refractivity contribution is 0.833. The molecule has 3 nitrogen and oxygen atoms in total. The highest BCUT2D eigenvalue weighted by atomic mass is 35.6. The number of halogens is 4. The van der Waals surface area contributed by atoms with Crippen LogP contribution in [0.15, 0.2) is 0 Å². The molecule has 0 saturated carbocycles. The summed E-state index contributed by atoms with van der Waals surface area (Å²) in [6, 6.07) is 0. The maximum Gasteiger partial charge on any atom is 0.250 e. The van der Waals surface area contributed by atoms with E-state index >= 15 is 0 Å². The Morgan fingerprint density at radius 1 is 1.15 bits per heavy atom. The summed E-state index contributed by atoms with van der Waals surface area (Å²) < 4.78 is -1.63. The van der Waals surface area contributed by atoms with Gasteiger partial charge in [0, 0.05) is 0 Å². The van der Waals surface area contributed by atoms with E-state index in [1.54, 1.807) is 6.92 Å². The second kappa shape index (κ2) is 4.13. The van der Waals surface area contributed by atoms with Gasteiger partial charge in [0.15, 0.2) is 5.82 Å². The van der Waals surface area contributed by atoms with Crippen molar-refractivity contribution in [3.05, 3.63) is 17.5 Å². The molecule has 0 aliphatic carbocycles. The van der Waals surface area contributed by atoms with Crippen LogP contribution in [0.5, 0.6) is 0 Å². The monoisotopic (exact) mass is 259 g/mol. The Morgan fingerprint density at radius 2 is 1.77 bits per heavy atom. The van der Waals surface area contributed by atoms with Crippen LogP contribution in [0.2, 0.25) is 0 Å². The van der Waals surface area contributed by atoms with Gasteiger partial charge >= 0.3 is 0 Å². The Bertz CT molecular complexity index is 309. The first-order valence-corrected chi connectivity index (χ1v) is 4.95. The van der Waals surface area contributed by atoms with Crippen LogP contribution >= 0.6 is 46.4 Å². The van der Waals surface area contributed by atoms with Gasteiger partial charge in [0.2, 0.25) is 3.79 Å². The van der Waals surface area contributed by atoms with E-state index in [0.717, 1.165) is 0 Å². The highest BCUT2D eigenvalue weighted by Crippen LogP contribution is 2.35. The van der Waals surface area contributed by atoms with Crippen molar-refractivity contribution >= 4 is 46.4 Å². The first kappa shape index (κ1) is 11.2. The fourth-order valence-electron chi connectivity index (χ4n) is 0.724. The molecule has 0 atom stereocenters. The van der Waals surface area contributed by atoms with E-state index < -0.39 is 3.79 Å². The summed E-state index contributed by atoms with van der Waals surface area (Å²) in [5.41, 5.74) is 0. The molecule has 0 aliphatic heterocycles. The Hall–Kier alpha value is 0.170. The Kier molecular flexibility index (Phi) is 3.57. The van der Waals surface area contributed by atoms with Crippen molar-refractivity contribution in [3.8, 4) is 0 Å². The maximum absolute atomic E-state index is 5.59. The molecular weight excluding hydrogens is 256 g/mol. The molecule has 0 fully saturated rings. The van der Waals surface area contributed by atoms with Crippen LogP contribution in [0.1, 0.15) is 17.5 Å². The number of hydrogen-bond donors (Lipinski definition) is 0. The molecule has 0 amide bonds. The minimum Gasteiger partial charge on any atom is -0.217 e. The highest BCUT2D eigenvalue weighted by Gasteiger charge is 2.27. The highest BCUT2D eigenvalue weighted by molar-refractivity contribution is 6.66. The van der Waals surface area contributed by atoms with Crippen LogP contribution in [0.3, 0.4) is 0 Å². The molecule has 0 N–H and O–H groups in total. The second-order valence-corrected chi connectivity index (χ2v) is 4.80. The van der Waals surface area contributed by atoms with Gasteiger partial charge in [-0.15, -0.1) is 11.6 Å². The fourth-order valence-corrected chi connectivity index (χ4v) is 1.10. The lowest BCUT2D eigenvalue weighted by atomic mass is 10.5. The van der Waals surface area contributed by atoms with Crippen LogP contribution in [-0.4, -0.2) is 15.0 Å². The molecule has 0 bridgehead atoms. The van der Waals surface area contributed by atoms with Crippen molar-refractivity contribution in [1.29, 1.82) is 0 Å². The minimum atomic E-state index is -1.63. The third kappa shape index (κ3) is 3.09. The summed E-state index contributed by atoms with van der Waals surface area (Å²) in [4.78, 5) is 11.7. The normalized spacial score (nSPS) is 11.8. The van der Waals surface area contributed by atoms with Crippen LogP contribution < -0.4 is 0 Å². The van der Waals surface area contributed by atoms with Gasteiger partial charge in [-0.1, -0.05) is 34.8 Å². The number of aromatic nitrogens is 3. The molecule has 0 aliphatic rings. The van der Waals surface area contributed by atoms with E-state index in [2.05, 4.69) is 15.0 Å². The second-order valence-electron chi connectivity index (χ2n) is 2.25. The lowest BCUT2D eigenvalue weighted by Crippen LogP contribution is -2.11. The third-order valence-corrected chi connectivity index (χ3v) is 1.91. The van der Waals surface area contributed by atoms with E-state index in [4.69, 9.17) is 46.4 Å². The molecule has 0 aromatic carbocycles. The standard InChI is InChI=1S/C6H5Cl4N3/c1-3-11-4(2-7)13-5(12-3)6(8,9)10/h2H2,1H3. The quantitative estimate of drug-likeness (QED) is 0.729. The molecule has 7 heteroatoms. The molecule has 0 saturated heterocycles. The van der Waals surface area contributed by atoms with Gasteiger partial charge in [-0.3, -0.25) is 0 Å². The minimum absolute atomic E-state index is 0.0978. The van der Waals surface area contributed by atoms with Crippen LogP contribution in [-0.2, 0) is 9.67 Å². The largest absolute Gasteiger partial charge is 0.250 e. The smallest absolute Gasteiger partial charge is 0.217 e. The predicted octanol–water partition coefficient (Wildman–Crippen LogP) is 2.75. The van der Waals surface area contributed by atoms with E-state index in [9.17, 15) is 0 Å². The van der Waals surface area contributed by atoms with Gasteiger partial charge in [-0.2, -0.15) is 0 Å². The molecule has 72 valence electrons. The van der Waals surface area contributed by atoms with Crippen molar-refractivity contribution in [3.63, 3.8) is 0 Å². The summed E-state index contributed by atoms with van der Waals surface area (Å²) in [6.45, 7) is 1.68. The fraction of sp³-hybridized carbons (Fsp3) is 0.500. The summed E-state index contributed by atoms with van der Waals surface area (Å²) >= 11 is 22.3. The first-order valence-electron chi connectivity index (χ1n) is 3.28. The number of hydrogen-bond acceptors (Lipinski definition) is 3. The summed E-state index contributed by atoms with van der Waals surface area (Å²) in [5.74, 6) is 1.14. The predicted molar refractivity (Wildman–Crippen MR) is 53.4 cm³/mol. The number of aryl methyl sites for hydroxylation is 1. The molecule has 1 aromatic rings. The zero-order valence-electron chi connectivity index (χ0n) is 6.56. The molecule has 0 radical (unpaired) electrons. The molecule has 1 heterocycles. The summed E-state index contributed by atoms with van der Waals surface area (Å²) in [5, 5.41) is 0. The Balaban J connectivity index is 3.16. The van der Waals surface area contributed by atoms with Crippen molar-refractivity contribution in [2.45, 2.75) is 16.6 Å². The van der Waals surface area contributed by atoms with E-state index in [1.165, 1.54) is 0 Å². The molecule has 1 aromatic heterocycles. The topological polar surface area (TPSA) is 38.7 Å². The number of nitrogens with zero attached hydrogens (tertiary/aromatic N) is 3. The Morgan fingerprint density at radius 3 is 2.23 bits per heavy atom. The van der Waals surface area contributed by atoms with Gasteiger partial charge < -0.3 is 0 Å². The molecular formula is C6H5Cl4N3. The number of rotatable bonds is 1. The van der Waals surface area contributed by atoms with Crippen molar-refractivity contribution in [1.82, 2.24) is 15.0 Å². The lowest BCUT2D eigenvalue weighted by Gasteiger charge is -2.09. The number of alkyl halides is 4. The summed E-state index contributed by atoms with van der Waals surface area (Å²) in [7, 11) is 0. The maximum atomic E-state index is 5.59. The first-order chi connectivity index (χ1) is 5.93. The zero-order valence-corrected chi connectivity index (χ0v) is 9.58. The average Bonchev–Trinajstić information content (AvgIpc) is 2.01. The average molecular weight is 261 g/mol. The SMILES string of the molecule is Cc1nc(CCl)nc(C(Cl)(Cl)Cl)n1. The van der Waals surface area contributed by atoms with Gasteiger partial charge in [0.1, 0.15) is 11.6 Å².